The van der Waals surface area contributed by atoms with Crippen molar-refractivity contribution in [2.45, 2.75) is 25.1 Å². The van der Waals surface area contributed by atoms with Crippen LogP contribution in [-0.2, 0) is 6.54 Å². The molecule has 2 aromatic heterocycles. The summed E-state index contributed by atoms with van der Waals surface area (Å²) in [5.74, 6) is 1.06. The Labute approximate surface area is 152 Å². The van der Waals surface area contributed by atoms with Gasteiger partial charge in [0.2, 0.25) is 0 Å². The smallest absolute Gasteiger partial charge is 0.128 e. The van der Waals surface area contributed by atoms with Gasteiger partial charge in [-0.2, -0.15) is 0 Å². The Morgan fingerprint density at radius 3 is 2.64 bits per heavy atom. The summed E-state index contributed by atoms with van der Waals surface area (Å²) in [4.78, 5) is 15.9. The van der Waals surface area contributed by atoms with Gasteiger partial charge in [0.05, 0.1) is 12.6 Å². The minimum Gasteiger partial charge on any atom is -0.390 e. The van der Waals surface area contributed by atoms with Crippen LogP contribution in [0.15, 0.2) is 36.0 Å². The van der Waals surface area contributed by atoms with Gasteiger partial charge in [0.25, 0.3) is 0 Å². The average Bonchev–Trinajstić information content (AvgIpc) is 3.16. The van der Waals surface area contributed by atoms with E-state index in [4.69, 9.17) is 0 Å². The molecule has 0 radical (unpaired) electrons. The second-order valence-electron chi connectivity index (χ2n) is 6.80. The standard InChI is InChI=1S/C18H25N5OS/c24-16-13-21(14-18-20-6-12-25-18)7-4-15(16)22-8-10-23(11-9-22)17-3-1-2-5-19-17/h1-3,5-6,12,15-16,24H,4,7-11,13-14H2/t15-,16-/m1/s1. The number of hydrogen-bond donors (Lipinski definition) is 1. The van der Waals surface area contributed by atoms with Gasteiger partial charge in [-0.3, -0.25) is 9.80 Å². The zero-order valence-electron chi connectivity index (χ0n) is 14.4. The van der Waals surface area contributed by atoms with E-state index in [2.05, 4.69) is 30.7 Å². The molecule has 4 rings (SSSR count). The Kier molecular flexibility index (Phi) is 5.26. The van der Waals surface area contributed by atoms with Crippen LogP contribution in [-0.4, -0.2) is 76.3 Å². The highest BCUT2D eigenvalue weighted by Gasteiger charge is 2.33. The normalized spacial score (nSPS) is 26.0. The summed E-state index contributed by atoms with van der Waals surface area (Å²) < 4.78 is 0. The number of piperazine rings is 1. The fourth-order valence-electron chi connectivity index (χ4n) is 3.90. The molecule has 0 spiro atoms. The van der Waals surface area contributed by atoms with Crippen molar-refractivity contribution < 1.29 is 5.11 Å². The van der Waals surface area contributed by atoms with Crippen LogP contribution in [0.25, 0.3) is 0 Å². The summed E-state index contributed by atoms with van der Waals surface area (Å²) in [7, 11) is 0. The molecule has 2 aliphatic heterocycles. The van der Waals surface area contributed by atoms with Gasteiger partial charge >= 0.3 is 0 Å². The third kappa shape index (κ3) is 4.00. The molecule has 0 amide bonds. The van der Waals surface area contributed by atoms with Crippen LogP contribution in [0.2, 0.25) is 0 Å². The molecule has 0 saturated carbocycles. The molecule has 0 aromatic carbocycles. The second-order valence-corrected chi connectivity index (χ2v) is 7.77. The third-order valence-electron chi connectivity index (χ3n) is 5.23. The summed E-state index contributed by atoms with van der Waals surface area (Å²) in [6.07, 6.45) is 4.44. The maximum Gasteiger partial charge on any atom is 0.128 e. The number of likely N-dealkylation sites (tertiary alicyclic amines) is 1. The molecule has 0 unspecified atom stereocenters. The van der Waals surface area contributed by atoms with E-state index < -0.39 is 0 Å². The Balaban J connectivity index is 1.29. The van der Waals surface area contributed by atoms with Crippen LogP contribution in [0.3, 0.4) is 0 Å². The van der Waals surface area contributed by atoms with Gasteiger partial charge in [0, 0.05) is 63.1 Å². The van der Waals surface area contributed by atoms with Crippen molar-refractivity contribution in [2.24, 2.45) is 0 Å². The van der Waals surface area contributed by atoms with E-state index in [-0.39, 0.29) is 12.1 Å². The molecule has 0 bridgehead atoms. The fourth-order valence-corrected chi connectivity index (χ4v) is 4.56. The average molecular weight is 359 g/mol. The summed E-state index contributed by atoms with van der Waals surface area (Å²) in [5.41, 5.74) is 0. The number of piperidine rings is 1. The van der Waals surface area contributed by atoms with E-state index >= 15 is 0 Å². The van der Waals surface area contributed by atoms with Crippen molar-refractivity contribution in [3.05, 3.63) is 41.0 Å². The van der Waals surface area contributed by atoms with Crippen LogP contribution in [0.4, 0.5) is 5.82 Å². The topological polar surface area (TPSA) is 55.7 Å². The third-order valence-corrected chi connectivity index (χ3v) is 5.99. The maximum absolute atomic E-state index is 10.7. The lowest BCUT2D eigenvalue weighted by Crippen LogP contribution is -2.58. The highest BCUT2D eigenvalue weighted by molar-refractivity contribution is 7.09. The van der Waals surface area contributed by atoms with Crippen LogP contribution in [0.1, 0.15) is 11.4 Å². The molecule has 2 aliphatic rings. The minimum atomic E-state index is -0.282. The van der Waals surface area contributed by atoms with Crippen LogP contribution in [0, 0.1) is 0 Å². The van der Waals surface area contributed by atoms with Crippen molar-refractivity contribution in [1.29, 1.82) is 0 Å². The number of β-amino-alcohol motifs (C(OH)–C–C–N with tert-alkyl or cyclic N) is 1. The fraction of sp³-hybridized carbons (Fsp3) is 0.556. The number of anilines is 1. The largest absolute Gasteiger partial charge is 0.390 e. The molecular formula is C18H25N5OS. The lowest BCUT2D eigenvalue weighted by Gasteiger charge is -2.45. The lowest BCUT2D eigenvalue weighted by molar-refractivity contribution is -0.0172. The highest BCUT2D eigenvalue weighted by Crippen LogP contribution is 2.22. The number of nitrogens with zero attached hydrogens (tertiary/aromatic N) is 5. The number of hydrogen-bond acceptors (Lipinski definition) is 7. The molecule has 7 heteroatoms. The molecule has 0 aliphatic carbocycles. The van der Waals surface area contributed by atoms with Crippen LogP contribution < -0.4 is 4.90 Å². The number of aromatic nitrogens is 2. The van der Waals surface area contributed by atoms with E-state index in [1.807, 2.05) is 29.9 Å². The molecule has 2 atom stereocenters. The minimum absolute atomic E-state index is 0.276. The van der Waals surface area contributed by atoms with E-state index in [1.54, 1.807) is 11.3 Å². The summed E-state index contributed by atoms with van der Waals surface area (Å²) >= 11 is 1.69. The first-order valence-corrected chi connectivity index (χ1v) is 9.86. The summed E-state index contributed by atoms with van der Waals surface area (Å²) in [6, 6.07) is 6.34. The first-order chi connectivity index (χ1) is 12.3. The van der Waals surface area contributed by atoms with Crippen LogP contribution >= 0.6 is 11.3 Å². The van der Waals surface area contributed by atoms with Crippen molar-refractivity contribution in [3.63, 3.8) is 0 Å². The Bertz CT molecular complexity index is 645. The van der Waals surface area contributed by atoms with Gasteiger partial charge in [-0.15, -0.1) is 11.3 Å². The molecule has 6 nitrogen and oxygen atoms in total. The van der Waals surface area contributed by atoms with Crippen LogP contribution in [0.5, 0.6) is 0 Å². The molecule has 4 heterocycles. The first kappa shape index (κ1) is 16.9. The molecule has 1 N–H and O–H groups in total. The van der Waals surface area contributed by atoms with Gasteiger partial charge in [-0.05, 0) is 18.6 Å². The number of thiazole rings is 1. The molecular weight excluding hydrogens is 334 g/mol. The van der Waals surface area contributed by atoms with Gasteiger partial charge in [-0.1, -0.05) is 6.07 Å². The summed E-state index contributed by atoms with van der Waals surface area (Å²) in [5, 5.41) is 13.8. The Hall–Kier alpha value is -1.54. The summed E-state index contributed by atoms with van der Waals surface area (Å²) in [6.45, 7) is 6.56. The molecule has 25 heavy (non-hydrogen) atoms. The highest BCUT2D eigenvalue weighted by atomic mass is 32.1. The predicted octanol–water partition coefficient (Wildman–Crippen LogP) is 1.30. The molecule has 2 aromatic rings. The molecule has 2 saturated heterocycles. The maximum atomic E-state index is 10.7. The second kappa shape index (κ2) is 7.78. The van der Waals surface area contributed by atoms with Crippen molar-refractivity contribution in [2.75, 3.05) is 44.2 Å². The zero-order chi connectivity index (χ0) is 17.1. The number of rotatable bonds is 4. The SMILES string of the molecule is O[C@@H]1CN(Cc2nccs2)CC[C@H]1N1CCN(c2ccccn2)CC1. The Morgan fingerprint density at radius 1 is 1.08 bits per heavy atom. The van der Waals surface area contributed by atoms with Gasteiger partial charge in [0.15, 0.2) is 0 Å². The monoisotopic (exact) mass is 359 g/mol. The van der Waals surface area contributed by atoms with E-state index in [0.29, 0.717) is 0 Å². The quantitative estimate of drug-likeness (QED) is 0.888. The van der Waals surface area contributed by atoms with Crippen molar-refractivity contribution >= 4 is 17.2 Å². The van der Waals surface area contributed by atoms with Crippen molar-refractivity contribution in [1.82, 2.24) is 19.8 Å². The van der Waals surface area contributed by atoms with E-state index in [9.17, 15) is 5.11 Å². The molecule has 2 fully saturated rings. The predicted molar refractivity (Wildman–Crippen MR) is 99.8 cm³/mol. The zero-order valence-corrected chi connectivity index (χ0v) is 15.2. The van der Waals surface area contributed by atoms with E-state index in [1.165, 1.54) is 0 Å². The molecule has 134 valence electrons. The van der Waals surface area contributed by atoms with Gasteiger partial charge in [-0.25, -0.2) is 9.97 Å². The Morgan fingerprint density at radius 2 is 1.96 bits per heavy atom. The van der Waals surface area contributed by atoms with E-state index in [0.717, 1.165) is 63.1 Å². The number of pyridine rings is 1. The number of aliphatic hydroxyl groups is 1. The first-order valence-electron chi connectivity index (χ1n) is 8.98. The lowest BCUT2D eigenvalue weighted by atomic mass is 9.99. The number of aliphatic hydroxyl groups excluding tert-OH is 1. The van der Waals surface area contributed by atoms with Crippen molar-refractivity contribution in [3.8, 4) is 0 Å². The van der Waals surface area contributed by atoms with Gasteiger partial charge < -0.3 is 10.0 Å². The van der Waals surface area contributed by atoms with Gasteiger partial charge in [0.1, 0.15) is 10.8 Å².